The second-order valence-electron chi connectivity index (χ2n) is 14.7. The van der Waals surface area contributed by atoms with Crippen molar-refractivity contribution < 1.29 is 132 Å². The predicted molar refractivity (Wildman–Crippen MR) is 202 cm³/mol. The summed E-state index contributed by atoms with van der Waals surface area (Å²) in [4.78, 5) is 0. The van der Waals surface area contributed by atoms with Crippen LogP contribution in [0.1, 0.15) is 0 Å². The highest BCUT2D eigenvalue weighted by atomic mass is 19.2. The molecule has 1 heterocycles. The number of aromatic amines is 1. The van der Waals surface area contributed by atoms with Crippen LogP contribution in [-0.4, -0.2) is 23.6 Å². The van der Waals surface area contributed by atoms with Crippen molar-refractivity contribution >= 4 is 46.2 Å². The molecule has 6 aromatic rings. The van der Waals surface area contributed by atoms with Crippen molar-refractivity contribution in [3.63, 3.8) is 0 Å². The van der Waals surface area contributed by atoms with Crippen LogP contribution in [0.3, 0.4) is 0 Å². The number of nitrogens with one attached hydrogen (secondary N) is 1. The SMILES string of the molecule is Fc1c(F)c(F)c(B(c2c(F)c(F)c(F)c(F)c2F)c2c(F)c(F)c(F)c(F)c2F)c(F)c1F.Fc1c(F)c(F)c(B(c2c(F)c(F)c(F)c(F)c2F)c2c(F)c(F)c(F)c(F)c2F)c(F)c1F.c1cc2ccn[nH]c-2c1. The molecule has 1 aliphatic heterocycles. The molecule has 34 heteroatoms. The Morgan fingerprint density at radius 1 is 0.221 bits per heavy atom. The lowest BCUT2D eigenvalue weighted by Crippen LogP contribution is -2.60. The van der Waals surface area contributed by atoms with Gasteiger partial charge in [0.2, 0.25) is 0 Å². The summed E-state index contributed by atoms with van der Waals surface area (Å²) < 4.78 is 417. The van der Waals surface area contributed by atoms with Crippen molar-refractivity contribution in [2.75, 3.05) is 0 Å². The number of H-pyrrole nitrogens is 1. The molecule has 6 aromatic carbocycles. The van der Waals surface area contributed by atoms with Crippen LogP contribution in [0, 0.1) is 175 Å². The lowest BCUT2D eigenvalue weighted by molar-refractivity contribution is 0.380. The fourth-order valence-corrected chi connectivity index (χ4v) is 7.02. The lowest BCUT2D eigenvalue weighted by atomic mass is 9.36. The smallest absolute Gasteiger partial charge is 0.265 e. The number of benzene rings is 6. The van der Waals surface area contributed by atoms with Crippen LogP contribution in [0.2, 0.25) is 0 Å². The van der Waals surface area contributed by atoms with E-state index < -0.39 is 221 Å². The molecule has 0 atom stereocenters. The average molecular weight is 1140 g/mol. The van der Waals surface area contributed by atoms with Gasteiger partial charge in [-0.1, -0.05) is 12.1 Å². The zero-order valence-corrected chi connectivity index (χ0v) is 35.3. The second-order valence-corrected chi connectivity index (χ2v) is 14.7. The molecule has 1 N–H and O–H groups in total. The Labute approximate surface area is 404 Å². The summed E-state index contributed by atoms with van der Waals surface area (Å²) in [5, 5.41) is 6.74. The molecule has 0 saturated carbocycles. The molecule has 0 aromatic heterocycles. The van der Waals surface area contributed by atoms with Gasteiger partial charge in [0.1, 0.15) is 0 Å². The molecule has 0 bridgehead atoms. The van der Waals surface area contributed by atoms with E-state index in [2.05, 4.69) is 10.2 Å². The Morgan fingerprint density at radius 2 is 0.390 bits per heavy atom. The fraction of sp³-hybridized carbons (Fsp3) is 0. The third kappa shape index (κ3) is 9.47. The molecule has 2 aliphatic rings. The Morgan fingerprint density at radius 3 is 0.558 bits per heavy atom. The van der Waals surface area contributed by atoms with E-state index in [1.165, 1.54) is 5.56 Å². The van der Waals surface area contributed by atoms with E-state index in [1.807, 2.05) is 24.3 Å². The lowest BCUT2D eigenvalue weighted by Gasteiger charge is -2.21. The third-order valence-corrected chi connectivity index (χ3v) is 10.6. The maximum atomic E-state index is 14.4. The molecule has 0 radical (unpaired) electrons. The van der Waals surface area contributed by atoms with Gasteiger partial charge in [0, 0.05) is 44.5 Å². The summed E-state index contributed by atoms with van der Waals surface area (Å²) in [7, 11) is 0. The highest BCUT2D eigenvalue weighted by molar-refractivity contribution is 6.96. The van der Waals surface area contributed by atoms with Gasteiger partial charge in [-0.05, 0) is 12.1 Å². The maximum absolute atomic E-state index is 14.4. The minimum absolute atomic E-state index is 1.09. The van der Waals surface area contributed by atoms with Gasteiger partial charge in [-0.2, -0.15) is 5.10 Å². The molecule has 77 heavy (non-hydrogen) atoms. The minimum atomic E-state index is -3.96. The van der Waals surface area contributed by atoms with Gasteiger partial charge < -0.3 is 0 Å². The van der Waals surface area contributed by atoms with E-state index in [4.69, 9.17) is 0 Å². The van der Waals surface area contributed by atoms with Crippen molar-refractivity contribution in [3.8, 4) is 11.3 Å². The van der Waals surface area contributed by atoms with Gasteiger partial charge in [-0.25, -0.2) is 132 Å². The van der Waals surface area contributed by atoms with Crippen LogP contribution in [0.15, 0.2) is 30.5 Å². The van der Waals surface area contributed by atoms with Crippen LogP contribution in [0.25, 0.3) is 11.3 Å². The number of aromatic nitrogens is 2. The van der Waals surface area contributed by atoms with Crippen LogP contribution in [0.5, 0.6) is 0 Å². The monoisotopic (exact) mass is 1140 g/mol. The van der Waals surface area contributed by atoms with Crippen molar-refractivity contribution in [1.82, 2.24) is 10.2 Å². The Hall–Kier alpha value is -7.96. The number of hydrogen-bond donors (Lipinski definition) is 1. The van der Waals surface area contributed by atoms with Crippen LogP contribution < -0.4 is 32.8 Å². The van der Waals surface area contributed by atoms with E-state index in [9.17, 15) is 132 Å². The Kier molecular flexibility index (Phi) is 16.3. The van der Waals surface area contributed by atoms with Crippen molar-refractivity contribution in [1.29, 1.82) is 0 Å². The van der Waals surface area contributed by atoms with Gasteiger partial charge in [-0.3, -0.25) is 5.10 Å². The van der Waals surface area contributed by atoms with Crippen LogP contribution in [0.4, 0.5) is 132 Å². The minimum Gasteiger partial charge on any atom is -0.278 e. The first kappa shape index (κ1) is 58.3. The van der Waals surface area contributed by atoms with Gasteiger partial charge in [0.25, 0.3) is 13.4 Å². The fourth-order valence-electron chi connectivity index (χ4n) is 7.02. The van der Waals surface area contributed by atoms with E-state index >= 15 is 0 Å². The summed E-state index contributed by atoms with van der Waals surface area (Å²) in [5.41, 5.74) is -13.8. The number of hydrogen-bond acceptors (Lipinski definition) is 1. The van der Waals surface area contributed by atoms with Crippen LogP contribution >= 0.6 is 0 Å². The van der Waals surface area contributed by atoms with Gasteiger partial charge in [0.15, 0.2) is 175 Å². The molecule has 0 spiro atoms. The molecule has 0 amide bonds. The molecule has 0 unspecified atom stereocenters. The zero-order valence-electron chi connectivity index (χ0n) is 35.3. The third-order valence-electron chi connectivity index (χ3n) is 10.6. The standard InChI is InChI=1S/2C18BF15.C7H6N2/c2*20-4-1(5(21)11(27)16(32)10(4)26)19(2-6(22)12(28)17(33)13(29)7(2)23)3-8(24)14(30)18(34)15(31)9(3)25;1-2-6-4-5-8-9-7(6)3-1/h;;1-5,9H. The number of halogens is 30. The van der Waals surface area contributed by atoms with E-state index in [0.717, 1.165) is 5.69 Å². The zero-order chi connectivity index (χ0) is 58.0. The van der Waals surface area contributed by atoms with Crippen molar-refractivity contribution in [2.24, 2.45) is 0 Å². The second kappa shape index (κ2) is 21.6. The predicted octanol–water partition coefficient (Wildman–Crippen LogP) is 10.1. The van der Waals surface area contributed by atoms with E-state index in [1.54, 1.807) is 6.20 Å². The van der Waals surface area contributed by atoms with Crippen molar-refractivity contribution in [2.45, 2.75) is 0 Å². The molecule has 8 rings (SSSR count). The number of fused-ring (bicyclic) bond motifs is 1. The number of rotatable bonds is 6. The highest BCUT2D eigenvalue weighted by Gasteiger charge is 2.47. The first-order valence-corrected chi connectivity index (χ1v) is 19.2. The Bertz CT molecular complexity index is 2960. The normalized spacial score (nSPS) is 11.2. The molecule has 2 nitrogen and oxygen atoms in total. The summed E-state index contributed by atoms with van der Waals surface area (Å²) in [6, 6.07) is 8.03. The molecular weight excluding hydrogens is 1140 g/mol. The topological polar surface area (TPSA) is 28.7 Å². The maximum Gasteiger partial charge on any atom is 0.265 e. The quantitative estimate of drug-likeness (QED) is 0.0765. The molecule has 404 valence electrons. The molecule has 0 saturated heterocycles. The van der Waals surface area contributed by atoms with E-state index in [-0.39, 0.29) is 0 Å². The average Bonchev–Trinajstić information content (AvgIpc) is 3.90. The highest BCUT2D eigenvalue weighted by Crippen LogP contribution is 2.27. The van der Waals surface area contributed by atoms with Crippen LogP contribution in [-0.2, 0) is 0 Å². The molecule has 1 aliphatic carbocycles. The first-order chi connectivity index (χ1) is 35.8. The van der Waals surface area contributed by atoms with E-state index in [0.29, 0.717) is 0 Å². The van der Waals surface area contributed by atoms with Gasteiger partial charge in [0.05, 0.1) is 5.69 Å². The molecule has 0 fully saturated rings. The summed E-state index contributed by atoms with van der Waals surface area (Å²) in [6.07, 6.45) is 1.75. The summed E-state index contributed by atoms with van der Waals surface area (Å²) in [6.45, 7) is -7.92. The van der Waals surface area contributed by atoms with Gasteiger partial charge >= 0.3 is 0 Å². The first-order valence-electron chi connectivity index (χ1n) is 19.2. The summed E-state index contributed by atoms with van der Waals surface area (Å²) in [5.74, 6) is -90.4. The van der Waals surface area contributed by atoms with Crippen molar-refractivity contribution in [3.05, 3.63) is 205 Å². The summed E-state index contributed by atoms with van der Waals surface area (Å²) >= 11 is 0. The van der Waals surface area contributed by atoms with Gasteiger partial charge in [-0.15, -0.1) is 0 Å². The number of nitrogens with zero attached hydrogens (tertiary/aromatic N) is 1. The molecular formula is C43H6B2F30N2. The Balaban J connectivity index is 0.000000213. The largest absolute Gasteiger partial charge is 0.278 e.